The molecule has 1 aliphatic rings. The van der Waals surface area contributed by atoms with Crippen LogP contribution in [0.2, 0.25) is 0 Å². The second-order valence-electron chi connectivity index (χ2n) is 8.07. The van der Waals surface area contributed by atoms with Gasteiger partial charge in [-0.05, 0) is 48.7 Å². The number of ether oxygens (including phenoxy) is 1. The minimum absolute atomic E-state index is 0.147. The van der Waals surface area contributed by atoms with E-state index in [1.165, 1.54) is 19.1 Å². The summed E-state index contributed by atoms with van der Waals surface area (Å²) in [5, 5.41) is 9.12. The van der Waals surface area contributed by atoms with Crippen LogP contribution in [0.5, 0.6) is 0 Å². The molecule has 6 nitrogen and oxygen atoms in total. The lowest BCUT2D eigenvalue weighted by Crippen LogP contribution is -2.38. The third kappa shape index (κ3) is 5.67. The number of esters is 1. The maximum absolute atomic E-state index is 13.0. The van der Waals surface area contributed by atoms with Crippen LogP contribution >= 0.6 is 0 Å². The average Bonchev–Trinajstić information content (AvgIpc) is 3.32. The number of hydrogen-bond donors (Lipinski definition) is 1. The van der Waals surface area contributed by atoms with Gasteiger partial charge in [-0.25, -0.2) is 9.18 Å². The smallest absolute Gasteiger partial charge is 0.355 e. The standard InChI is InChI=1S/C27H26FN3O3/c1-19(26(32)29-17-16-20-12-14-22(28)15-13-20)34-27(33)24-18-25(21-8-4-2-5-9-21)31(30-24)23-10-6-3-7-11-23/h2-15,19,25H,16-18H2,1H3,(H,29,32). The van der Waals surface area contributed by atoms with Crippen LogP contribution in [0.3, 0.4) is 0 Å². The van der Waals surface area contributed by atoms with Crippen molar-refractivity contribution in [1.82, 2.24) is 5.32 Å². The van der Waals surface area contributed by atoms with Crippen LogP contribution in [-0.4, -0.2) is 30.2 Å². The molecule has 0 aliphatic carbocycles. The van der Waals surface area contributed by atoms with E-state index in [4.69, 9.17) is 4.74 Å². The molecule has 1 aliphatic heterocycles. The number of anilines is 1. The van der Waals surface area contributed by atoms with Crippen LogP contribution in [0.25, 0.3) is 0 Å². The molecule has 0 bridgehead atoms. The topological polar surface area (TPSA) is 71.0 Å². The monoisotopic (exact) mass is 459 g/mol. The van der Waals surface area contributed by atoms with Crippen molar-refractivity contribution in [3.05, 3.63) is 102 Å². The maximum Gasteiger partial charge on any atom is 0.355 e. The van der Waals surface area contributed by atoms with E-state index in [9.17, 15) is 14.0 Å². The molecule has 0 spiro atoms. The SMILES string of the molecule is CC(OC(=O)C1=NN(c2ccccc2)C(c2ccccc2)C1)C(=O)NCCc1ccc(F)cc1. The van der Waals surface area contributed by atoms with Gasteiger partial charge in [0, 0.05) is 13.0 Å². The summed E-state index contributed by atoms with van der Waals surface area (Å²) in [6, 6.07) is 25.4. The highest BCUT2D eigenvalue weighted by atomic mass is 19.1. The highest BCUT2D eigenvalue weighted by Crippen LogP contribution is 2.35. The Kier molecular flexibility index (Phi) is 7.32. The third-order valence-corrected chi connectivity index (χ3v) is 5.63. The quantitative estimate of drug-likeness (QED) is 0.506. The van der Waals surface area contributed by atoms with Crippen LogP contribution in [0.4, 0.5) is 10.1 Å². The van der Waals surface area contributed by atoms with Crippen molar-refractivity contribution in [3.63, 3.8) is 0 Å². The molecule has 34 heavy (non-hydrogen) atoms. The Labute approximate surface area is 198 Å². The molecular formula is C27H26FN3O3. The van der Waals surface area contributed by atoms with Crippen molar-refractivity contribution in [3.8, 4) is 0 Å². The zero-order chi connectivity index (χ0) is 23.9. The fourth-order valence-electron chi connectivity index (χ4n) is 3.79. The lowest BCUT2D eigenvalue weighted by Gasteiger charge is -2.23. The van der Waals surface area contributed by atoms with E-state index >= 15 is 0 Å². The molecule has 2 atom stereocenters. The number of halogens is 1. The minimum atomic E-state index is -0.968. The Morgan fingerprint density at radius 3 is 2.35 bits per heavy atom. The van der Waals surface area contributed by atoms with Crippen molar-refractivity contribution < 1.29 is 18.7 Å². The minimum Gasteiger partial charge on any atom is -0.448 e. The highest BCUT2D eigenvalue weighted by Gasteiger charge is 2.34. The largest absolute Gasteiger partial charge is 0.448 e. The van der Waals surface area contributed by atoms with Crippen molar-refractivity contribution in [2.75, 3.05) is 11.6 Å². The molecule has 1 N–H and O–H groups in total. The van der Waals surface area contributed by atoms with Gasteiger partial charge < -0.3 is 10.1 Å². The first-order chi connectivity index (χ1) is 16.5. The van der Waals surface area contributed by atoms with Gasteiger partial charge in [0.25, 0.3) is 5.91 Å². The number of amides is 1. The number of benzene rings is 3. The summed E-state index contributed by atoms with van der Waals surface area (Å²) >= 11 is 0. The molecule has 0 fully saturated rings. The molecule has 3 aromatic rings. The molecular weight excluding hydrogens is 433 g/mol. The maximum atomic E-state index is 13.0. The fraction of sp³-hybridized carbons (Fsp3) is 0.222. The van der Waals surface area contributed by atoms with E-state index in [0.29, 0.717) is 19.4 Å². The van der Waals surface area contributed by atoms with Crippen LogP contribution in [0, 0.1) is 5.82 Å². The van der Waals surface area contributed by atoms with Gasteiger partial charge in [-0.1, -0.05) is 60.7 Å². The molecule has 0 saturated carbocycles. The molecule has 174 valence electrons. The summed E-state index contributed by atoms with van der Waals surface area (Å²) in [5.74, 6) is -1.31. The van der Waals surface area contributed by atoms with Crippen LogP contribution in [-0.2, 0) is 20.7 Å². The van der Waals surface area contributed by atoms with E-state index in [-0.39, 0.29) is 17.6 Å². The zero-order valence-electron chi connectivity index (χ0n) is 18.9. The van der Waals surface area contributed by atoms with Crippen LogP contribution in [0.1, 0.15) is 30.5 Å². The number of carbonyl (C=O) groups is 2. The second kappa shape index (κ2) is 10.7. The lowest BCUT2D eigenvalue weighted by molar-refractivity contribution is -0.148. The van der Waals surface area contributed by atoms with Crippen molar-refractivity contribution in [2.24, 2.45) is 5.10 Å². The van der Waals surface area contributed by atoms with Gasteiger partial charge in [0.1, 0.15) is 11.5 Å². The van der Waals surface area contributed by atoms with Gasteiger partial charge in [-0.3, -0.25) is 9.80 Å². The van der Waals surface area contributed by atoms with Gasteiger partial charge in [0.2, 0.25) is 0 Å². The van der Waals surface area contributed by atoms with E-state index in [1.807, 2.05) is 65.7 Å². The van der Waals surface area contributed by atoms with E-state index in [1.54, 1.807) is 12.1 Å². The molecule has 0 radical (unpaired) electrons. The summed E-state index contributed by atoms with van der Waals surface area (Å²) in [6.07, 6.45) is -0.0507. The molecule has 1 amide bonds. The van der Waals surface area contributed by atoms with Crippen molar-refractivity contribution in [1.29, 1.82) is 0 Å². The fourth-order valence-corrected chi connectivity index (χ4v) is 3.79. The lowest BCUT2D eigenvalue weighted by atomic mass is 10.0. The highest BCUT2D eigenvalue weighted by molar-refractivity contribution is 6.37. The van der Waals surface area contributed by atoms with E-state index < -0.39 is 18.0 Å². The predicted octanol–water partition coefficient (Wildman–Crippen LogP) is 4.42. The first kappa shape index (κ1) is 23.2. The molecule has 4 rings (SSSR count). The van der Waals surface area contributed by atoms with Gasteiger partial charge >= 0.3 is 5.97 Å². The summed E-state index contributed by atoms with van der Waals surface area (Å²) in [7, 11) is 0. The summed E-state index contributed by atoms with van der Waals surface area (Å²) in [4.78, 5) is 25.3. The summed E-state index contributed by atoms with van der Waals surface area (Å²) < 4.78 is 18.4. The molecule has 0 saturated heterocycles. The normalized spacial score (nSPS) is 16.0. The Morgan fingerprint density at radius 1 is 1.03 bits per heavy atom. The van der Waals surface area contributed by atoms with Gasteiger partial charge in [-0.15, -0.1) is 0 Å². The predicted molar refractivity (Wildman–Crippen MR) is 129 cm³/mol. The number of hydrazone groups is 1. The molecule has 7 heteroatoms. The van der Waals surface area contributed by atoms with Crippen LogP contribution in [0.15, 0.2) is 90.0 Å². The Hall–Kier alpha value is -4.00. The number of para-hydroxylation sites is 1. The van der Waals surface area contributed by atoms with E-state index in [2.05, 4.69) is 10.4 Å². The number of nitrogens with zero attached hydrogens (tertiary/aromatic N) is 2. The summed E-state index contributed by atoms with van der Waals surface area (Å²) in [5.41, 5.74) is 3.07. The second-order valence-corrected chi connectivity index (χ2v) is 8.07. The first-order valence-electron chi connectivity index (χ1n) is 11.2. The van der Waals surface area contributed by atoms with E-state index in [0.717, 1.165) is 16.8 Å². The molecule has 2 unspecified atom stereocenters. The average molecular weight is 460 g/mol. The number of rotatable bonds is 8. The van der Waals surface area contributed by atoms with Crippen molar-refractivity contribution in [2.45, 2.75) is 31.9 Å². The zero-order valence-corrected chi connectivity index (χ0v) is 18.9. The Bertz CT molecular complexity index is 1150. The number of hydrogen-bond acceptors (Lipinski definition) is 5. The Balaban J connectivity index is 1.37. The van der Waals surface area contributed by atoms with Crippen molar-refractivity contribution >= 4 is 23.3 Å². The first-order valence-corrected chi connectivity index (χ1v) is 11.2. The molecule has 3 aromatic carbocycles. The third-order valence-electron chi connectivity index (χ3n) is 5.63. The van der Waals surface area contributed by atoms with Gasteiger partial charge in [-0.2, -0.15) is 5.10 Å². The molecule has 1 heterocycles. The van der Waals surface area contributed by atoms with Gasteiger partial charge in [0.05, 0.1) is 11.7 Å². The summed E-state index contributed by atoms with van der Waals surface area (Å²) in [6.45, 7) is 1.88. The van der Waals surface area contributed by atoms with Crippen LogP contribution < -0.4 is 10.3 Å². The number of nitrogens with one attached hydrogen (secondary N) is 1. The van der Waals surface area contributed by atoms with Gasteiger partial charge in [0.15, 0.2) is 6.10 Å². The molecule has 0 aromatic heterocycles. The Morgan fingerprint density at radius 2 is 1.68 bits per heavy atom. The number of carbonyl (C=O) groups excluding carboxylic acids is 2.